The maximum absolute atomic E-state index is 5.98. The highest BCUT2D eigenvalue weighted by Crippen LogP contribution is 2.36. The summed E-state index contributed by atoms with van der Waals surface area (Å²) in [6, 6.07) is 0. The van der Waals surface area contributed by atoms with Crippen molar-refractivity contribution in [1.29, 1.82) is 0 Å². The summed E-state index contributed by atoms with van der Waals surface area (Å²) >= 11 is 1.72. The van der Waals surface area contributed by atoms with Gasteiger partial charge in [-0.2, -0.15) is 0 Å². The average molecular weight is 283 g/mol. The van der Waals surface area contributed by atoms with Crippen LogP contribution in [0.15, 0.2) is 5.51 Å². The third kappa shape index (κ3) is 3.16. The first-order valence-corrected chi connectivity index (χ1v) is 7.94. The van der Waals surface area contributed by atoms with Crippen molar-refractivity contribution in [3.63, 3.8) is 0 Å². The minimum absolute atomic E-state index is 0.270. The molecule has 19 heavy (non-hydrogen) atoms. The molecular weight excluding hydrogens is 262 g/mol. The van der Waals surface area contributed by atoms with Crippen LogP contribution in [0.4, 0.5) is 0 Å². The fraction of sp³-hybridized carbons (Fsp3) is 0.786. The summed E-state index contributed by atoms with van der Waals surface area (Å²) in [5.41, 5.74) is 3.05. The Bertz CT molecular complexity index is 405. The molecule has 5 heteroatoms. The summed E-state index contributed by atoms with van der Waals surface area (Å²) in [7, 11) is 0. The van der Waals surface area contributed by atoms with Gasteiger partial charge in [0.05, 0.1) is 37.1 Å². The molecule has 2 fully saturated rings. The van der Waals surface area contributed by atoms with E-state index in [1.165, 1.54) is 4.88 Å². The van der Waals surface area contributed by atoms with E-state index in [-0.39, 0.29) is 5.79 Å². The molecule has 0 amide bonds. The second-order valence-corrected chi connectivity index (χ2v) is 6.23. The summed E-state index contributed by atoms with van der Waals surface area (Å²) in [4.78, 5) is 5.60. The third-order valence-corrected chi connectivity index (χ3v) is 5.03. The number of aromatic nitrogens is 1. The number of ether oxygens (including phenoxy) is 3. The molecule has 1 aliphatic heterocycles. The number of hydrogen-bond donors (Lipinski definition) is 0. The standard InChI is InChI=1S/C14H21NO3S/c1-11-13(19-10-15-11)4-7-16-12-2-5-14(6-3-12)17-8-9-18-14/h10,12H,2-9H2,1H3. The van der Waals surface area contributed by atoms with Crippen molar-refractivity contribution in [2.24, 2.45) is 0 Å². The molecule has 0 atom stereocenters. The molecule has 1 aromatic rings. The summed E-state index contributed by atoms with van der Waals surface area (Å²) < 4.78 is 17.4. The maximum Gasteiger partial charge on any atom is 0.168 e. The zero-order valence-electron chi connectivity index (χ0n) is 11.4. The summed E-state index contributed by atoms with van der Waals surface area (Å²) in [6.07, 6.45) is 5.37. The summed E-state index contributed by atoms with van der Waals surface area (Å²) in [6.45, 7) is 4.35. The van der Waals surface area contributed by atoms with Gasteiger partial charge in [-0.25, -0.2) is 4.98 Å². The SMILES string of the molecule is Cc1ncsc1CCOC1CCC2(CC1)OCCO2. The molecule has 2 aliphatic rings. The van der Waals surface area contributed by atoms with Gasteiger partial charge < -0.3 is 14.2 Å². The van der Waals surface area contributed by atoms with Crippen molar-refractivity contribution in [2.45, 2.75) is 50.9 Å². The van der Waals surface area contributed by atoms with E-state index < -0.39 is 0 Å². The van der Waals surface area contributed by atoms with Gasteiger partial charge in [0.25, 0.3) is 0 Å². The molecule has 4 nitrogen and oxygen atoms in total. The highest BCUT2D eigenvalue weighted by atomic mass is 32.1. The normalized spacial score (nSPS) is 23.2. The van der Waals surface area contributed by atoms with Gasteiger partial charge in [0.15, 0.2) is 5.79 Å². The molecule has 0 bridgehead atoms. The Kier molecular flexibility index (Phi) is 4.17. The molecule has 1 saturated heterocycles. The first-order valence-electron chi connectivity index (χ1n) is 7.06. The lowest BCUT2D eigenvalue weighted by molar-refractivity contribution is -0.191. The van der Waals surface area contributed by atoms with Crippen molar-refractivity contribution in [2.75, 3.05) is 19.8 Å². The molecule has 0 radical (unpaired) electrons. The summed E-state index contributed by atoms with van der Waals surface area (Å²) in [5, 5.41) is 0. The predicted molar refractivity (Wildman–Crippen MR) is 73.4 cm³/mol. The van der Waals surface area contributed by atoms with Crippen molar-refractivity contribution in [3.05, 3.63) is 16.1 Å². The van der Waals surface area contributed by atoms with Crippen molar-refractivity contribution < 1.29 is 14.2 Å². The smallest absolute Gasteiger partial charge is 0.168 e. The minimum Gasteiger partial charge on any atom is -0.378 e. The number of rotatable bonds is 4. The highest BCUT2D eigenvalue weighted by Gasteiger charge is 2.40. The monoisotopic (exact) mass is 283 g/mol. The van der Waals surface area contributed by atoms with Crippen LogP contribution in [0, 0.1) is 6.92 Å². The largest absolute Gasteiger partial charge is 0.378 e. The van der Waals surface area contributed by atoms with Gasteiger partial charge in [0, 0.05) is 24.1 Å². The molecule has 106 valence electrons. The molecule has 0 unspecified atom stereocenters. The van der Waals surface area contributed by atoms with E-state index in [1.807, 2.05) is 5.51 Å². The maximum atomic E-state index is 5.98. The molecule has 0 aromatic carbocycles. The second-order valence-electron chi connectivity index (χ2n) is 5.29. The van der Waals surface area contributed by atoms with Gasteiger partial charge >= 0.3 is 0 Å². The minimum atomic E-state index is -0.270. The molecular formula is C14H21NO3S. The molecule has 2 heterocycles. The Morgan fingerprint density at radius 1 is 1.37 bits per heavy atom. The molecule has 1 aromatic heterocycles. The van der Waals surface area contributed by atoms with E-state index in [0.29, 0.717) is 6.10 Å². The van der Waals surface area contributed by atoms with E-state index in [9.17, 15) is 0 Å². The van der Waals surface area contributed by atoms with E-state index in [0.717, 1.165) is 57.6 Å². The zero-order chi connectivity index (χ0) is 13.1. The van der Waals surface area contributed by atoms with Gasteiger partial charge in [-0.15, -0.1) is 11.3 Å². The lowest BCUT2D eigenvalue weighted by Crippen LogP contribution is -2.37. The Balaban J connectivity index is 1.39. The van der Waals surface area contributed by atoms with Gasteiger partial charge in [-0.05, 0) is 19.8 Å². The highest BCUT2D eigenvalue weighted by molar-refractivity contribution is 7.09. The van der Waals surface area contributed by atoms with E-state index in [4.69, 9.17) is 14.2 Å². The molecule has 3 rings (SSSR count). The molecule has 1 saturated carbocycles. The number of thiazole rings is 1. The van der Waals surface area contributed by atoms with Crippen molar-refractivity contribution >= 4 is 11.3 Å². The molecule has 1 aliphatic carbocycles. The van der Waals surface area contributed by atoms with Gasteiger partial charge in [0.1, 0.15) is 0 Å². The first-order chi connectivity index (χ1) is 9.27. The lowest BCUT2D eigenvalue weighted by Gasteiger charge is -2.35. The Hall–Kier alpha value is -0.490. The lowest BCUT2D eigenvalue weighted by atomic mass is 9.92. The van der Waals surface area contributed by atoms with Crippen LogP contribution >= 0.6 is 11.3 Å². The van der Waals surface area contributed by atoms with Crippen LogP contribution in [0.3, 0.4) is 0 Å². The topological polar surface area (TPSA) is 40.6 Å². The second kappa shape index (κ2) is 5.87. The van der Waals surface area contributed by atoms with Gasteiger partial charge in [-0.1, -0.05) is 0 Å². The summed E-state index contributed by atoms with van der Waals surface area (Å²) in [5.74, 6) is -0.270. The predicted octanol–water partition coefficient (Wildman–Crippen LogP) is 2.70. The van der Waals surface area contributed by atoms with Gasteiger partial charge in [0.2, 0.25) is 0 Å². The van der Waals surface area contributed by atoms with Crippen LogP contribution in [0.2, 0.25) is 0 Å². The first kappa shape index (κ1) is 13.5. The van der Waals surface area contributed by atoms with Crippen LogP contribution in [0.5, 0.6) is 0 Å². The number of aryl methyl sites for hydroxylation is 1. The van der Waals surface area contributed by atoms with Crippen LogP contribution in [0.1, 0.15) is 36.3 Å². The van der Waals surface area contributed by atoms with Gasteiger partial charge in [-0.3, -0.25) is 0 Å². The van der Waals surface area contributed by atoms with E-state index >= 15 is 0 Å². The van der Waals surface area contributed by atoms with E-state index in [1.54, 1.807) is 11.3 Å². The zero-order valence-corrected chi connectivity index (χ0v) is 12.2. The van der Waals surface area contributed by atoms with Crippen molar-refractivity contribution in [1.82, 2.24) is 4.98 Å². The quantitative estimate of drug-likeness (QED) is 0.852. The number of nitrogens with zero attached hydrogens (tertiary/aromatic N) is 1. The third-order valence-electron chi connectivity index (χ3n) is 4.04. The van der Waals surface area contributed by atoms with E-state index in [2.05, 4.69) is 11.9 Å². The Labute approximate surface area is 118 Å². The molecule has 0 N–H and O–H groups in total. The van der Waals surface area contributed by atoms with Crippen molar-refractivity contribution in [3.8, 4) is 0 Å². The fourth-order valence-corrected chi connectivity index (χ4v) is 3.63. The van der Waals surface area contributed by atoms with Crippen LogP contribution in [-0.2, 0) is 20.6 Å². The van der Waals surface area contributed by atoms with Crippen LogP contribution in [-0.4, -0.2) is 36.7 Å². The Morgan fingerprint density at radius 3 is 2.74 bits per heavy atom. The fourth-order valence-electron chi connectivity index (χ4n) is 2.87. The average Bonchev–Trinajstić information content (AvgIpc) is 3.03. The Morgan fingerprint density at radius 2 is 2.11 bits per heavy atom. The number of hydrogen-bond acceptors (Lipinski definition) is 5. The van der Waals surface area contributed by atoms with Crippen LogP contribution < -0.4 is 0 Å². The van der Waals surface area contributed by atoms with Crippen LogP contribution in [0.25, 0.3) is 0 Å². The molecule has 1 spiro atoms.